The zero-order valence-electron chi connectivity index (χ0n) is 8.98. The van der Waals surface area contributed by atoms with Gasteiger partial charge in [-0.2, -0.15) is 5.26 Å². The number of carbonyl (C=O) groups excluding carboxylic acids is 1. The van der Waals surface area contributed by atoms with Gasteiger partial charge in [0.25, 0.3) is 0 Å². The molecule has 0 heterocycles. The monoisotopic (exact) mass is 210 g/mol. The van der Waals surface area contributed by atoms with Crippen LogP contribution in [0.5, 0.6) is 0 Å². The molecule has 1 fully saturated rings. The van der Waals surface area contributed by atoms with Crippen LogP contribution in [0, 0.1) is 11.3 Å². The third kappa shape index (κ3) is 4.30. The van der Waals surface area contributed by atoms with E-state index in [1.54, 1.807) is 0 Å². The zero-order chi connectivity index (χ0) is 11.1. The first kappa shape index (κ1) is 12.0. The normalized spacial score (nSPS) is 14.7. The van der Waals surface area contributed by atoms with Gasteiger partial charge < -0.3 is 10.0 Å². The average molecular weight is 210 g/mol. The average Bonchev–Trinajstić information content (AvgIpc) is 3.03. The van der Waals surface area contributed by atoms with Crippen molar-refractivity contribution in [2.75, 3.05) is 13.2 Å². The first-order valence-electron chi connectivity index (χ1n) is 5.57. The molecule has 0 radical (unpaired) electrons. The Kier molecular flexibility index (Phi) is 5.13. The summed E-state index contributed by atoms with van der Waals surface area (Å²) in [6, 6.07) is 2.46. The lowest BCUT2D eigenvalue weighted by atomic mass is 10.2. The van der Waals surface area contributed by atoms with E-state index < -0.39 is 0 Å². The molecule has 0 aromatic carbocycles. The Labute approximate surface area is 90.5 Å². The maximum atomic E-state index is 11.7. The maximum absolute atomic E-state index is 11.7. The van der Waals surface area contributed by atoms with Gasteiger partial charge in [-0.1, -0.05) is 0 Å². The number of hydrogen-bond donors (Lipinski definition) is 1. The predicted molar refractivity (Wildman–Crippen MR) is 55.9 cm³/mol. The van der Waals surface area contributed by atoms with E-state index in [1.165, 1.54) is 0 Å². The molecule has 1 N–H and O–H groups in total. The van der Waals surface area contributed by atoms with Gasteiger partial charge in [-0.3, -0.25) is 4.79 Å². The van der Waals surface area contributed by atoms with Crippen molar-refractivity contribution in [3.8, 4) is 6.07 Å². The second-order valence-corrected chi connectivity index (χ2v) is 3.91. The van der Waals surface area contributed by atoms with E-state index in [9.17, 15) is 4.79 Å². The molecule has 0 saturated heterocycles. The summed E-state index contributed by atoms with van der Waals surface area (Å²) in [4.78, 5) is 13.6. The van der Waals surface area contributed by atoms with Crippen LogP contribution in [0.4, 0.5) is 0 Å². The molecule has 4 nitrogen and oxygen atoms in total. The lowest BCUT2D eigenvalue weighted by Gasteiger charge is -2.21. The van der Waals surface area contributed by atoms with Crippen LogP contribution in [0.2, 0.25) is 0 Å². The van der Waals surface area contributed by atoms with Gasteiger partial charge in [-0.05, 0) is 25.7 Å². The minimum atomic E-state index is 0.140. The zero-order valence-corrected chi connectivity index (χ0v) is 8.98. The Balaban J connectivity index is 2.28. The molecule has 0 aliphatic heterocycles. The van der Waals surface area contributed by atoms with Crippen molar-refractivity contribution >= 4 is 5.91 Å². The van der Waals surface area contributed by atoms with E-state index in [2.05, 4.69) is 6.07 Å². The van der Waals surface area contributed by atoms with Gasteiger partial charge in [-0.25, -0.2) is 0 Å². The van der Waals surface area contributed by atoms with Gasteiger partial charge >= 0.3 is 0 Å². The molecule has 4 heteroatoms. The molecular formula is C11H18N2O2. The summed E-state index contributed by atoms with van der Waals surface area (Å²) in [6.07, 6.45) is 4.51. The van der Waals surface area contributed by atoms with Crippen LogP contribution in [0.25, 0.3) is 0 Å². The van der Waals surface area contributed by atoms with E-state index in [0.717, 1.165) is 19.3 Å². The molecule has 0 aromatic heterocycles. The summed E-state index contributed by atoms with van der Waals surface area (Å²) >= 11 is 0. The number of unbranched alkanes of at least 4 members (excludes halogenated alkanes) is 1. The molecule has 1 saturated carbocycles. The SMILES string of the molecule is N#CCCN(C(=O)CCCCO)C1CC1. The van der Waals surface area contributed by atoms with Crippen molar-refractivity contribution in [3.05, 3.63) is 0 Å². The Morgan fingerprint density at radius 2 is 2.20 bits per heavy atom. The van der Waals surface area contributed by atoms with Crippen molar-refractivity contribution in [2.45, 2.75) is 44.6 Å². The van der Waals surface area contributed by atoms with E-state index in [0.29, 0.717) is 31.8 Å². The first-order chi connectivity index (χ1) is 7.29. The Hall–Kier alpha value is -1.08. The third-order valence-corrected chi connectivity index (χ3v) is 2.57. The maximum Gasteiger partial charge on any atom is 0.222 e. The van der Waals surface area contributed by atoms with Gasteiger partial charge in [0.05, 0.1) is 12.5 Å². The van der Waals surface area contributed by atoms with Gasteiger partial charge in [-0.15, -0.1) is 0 Å². The smallest absolute Gasteiger partial charge is 0.222 e. The number of amides is 1. The fourth-order valence-corrected chi connectivity index (χ4v) is 1.60. The summed E-state index contributed by atoms with van der Waals surface area (Å²) in [5.41, 5.74) is 0. The number of nitrogens with zero attached hydrogens (tertiary/aromatic N) is 2. The highest BCUT2D eigenvalue weighted by Gasteiger charge is 2.31. The summed E-state index contributed by atoms with van der Waals surface area (Å²) in [6.45, 7) is 0.716. The second-order valence-electron chi connectivity index (χ2n) is 3.91. The minimum absolute atomic E-state index is 0.140. The number of aliphatic hydroxyl groups excluding tert-OH is 1. The van der Waals surface area contributed by atoms with Gasteiger partial charge in [0.2, 0.25) is 5.91 Å². The molecule has 0 spiro atoms. The van der Waals surface area contributed by atoms with Crippen molar-refractivity contribution in [1.82, 2.24) is 4.90 Å². The lowest BCUT2D eigenvalue weighted by Crippen LogP contribution is -2.33. The van der Waals surface area contributed by atoms with Crippen molar-refractivity contribution in [3.63, 3.8) is 0 Å². The van der Waals surface area contributed by atoms with Crippen LogP contribution in [-0.4, -0.2) is 35.1 Å². The second kappa shape index (κ2) is 6.41. The van der Waals surface area contributed by atoms with Gasteiger partial charge in [0.1, 0.15) is 0 Å². The quantitative estimate of drug-likeness (QED) is 0.639. The van der Waals surface area contributed by atoms with E-state index in [1.807, 2.05) is 4.90 Å². The van der Waals surface area contributed by atoms with Gasteiger partial charge in [0.15, 0.2) is 0 Å². The van der Waals surface area contributed by atoms with E-state index in [-0.39, 0.29) is 12.5 Å². The minimum Gasteiger partial charge on any atom is -0.396 e. The van der Waals surface area contributed by atoms with Crippen molar-refractivity contribution in [2.24, 2.45) is 0 Å². The summed E-state index contributed by atoms with van der Waals surface area (Å²) in [5.74, 6) is 0.140. The number of carbonyl (C=O) groups is 1. The largest absolute Gasteiger partial charge is 0.396 e. The number of rotatable bonds is 7. The predicted octanol–water partition coefficient (Wildman–Crippen LogP) is 1.05. The molecule has 1 amide bonds. The molecule has 0 atom stereocenters. The molecule has 1 aliphatic carbocycles. The molecule has 1 aliphatic rings. The molecule has 0 unspecified atom stereocenters. The first-order valence-corrected chi connectivity index (χ1v) is 5.57. The van der Waals surface area contributed by atoms with Crippen LogP contribution in [0.15, 0.2) is 0 Å². The van der Waals surface area contributed by atoms with E-state index >= 15 is 0 Å². The van der Waals surface area contributed by atoms with Crippen LogP contribution >= 0.6 is 0 Å². The highest BCUT2D eigenvalue weighted by molar-refractivity contribution is 5.76. The number of hydrogen-bond acceptors (Lipinski definition) is 3. The summed E-state index contributed by atoms with van der Waals surface area (Å²) in [7, 11) is 0. The van der Waals surface area contributed by atoms with Crippen LogP contribution in [0.3, 0.4) is 0 Å². The highest BCUT2D eigenvalue weighted by Crippen LogP contribution is 2.27. The number of nitriles is 1. The molecule has 15 heavy (non-hydrogen) atoms. The third-order valence-electron chi connectivity index (χ3n) is 2.57. The van der Waals surface area contributed by atoms with Gasteiger partial charge in [0, 0.05) is 25.6 Å². The summed E-state index contributed by atoms with van der Waals surface area (Å²) < 4.78 is 0. The number of aliphatic hydroxyl groups is 1. The van der Waals surface area contributed by atoms with Crippen LogP contribution in [-0.2, 0) is 4.79 Å². The van der Waals surface area contributed by atoms with Crippen molar-refractivity contribution < 1.29 is 9.90 Å². The molecule has 0 bridgehead atoms. The Bertz CT molecular complexity index is 243. The van der Waals surface area contributed by atoms with E-state index in [4.69, 9.17) is 10.4 Å². The summed E-state index contributed by atoms with van der Waals surface area (Å²) in [5, 5.41) is 17.1. The molecule has 0 aromatic rings. The van der Waals surface area contributed by atoms with Crippen molar-refractivity contribution in [1.29, 1.82) is 5.26 Å². The molecule has 84 valence electrons. The fourth-order valence-electron chi connectivity index (χ4n) is 1.60. The highest BCUT2D eigenvalue weighted by atomic mass is 16.3. The van der Waals surface area contributed by atoms with Crippen LogP contribution in [0.1, 0.15) is 38.5 Å². The lowest BCUT2D eigenvalue weighted by molar-refractivity contribution is -0.131. The standard InChI is InChI=1S/C11H18N2O2/c12-7-3-8-13(10-5-6-10)11(15)4-1-2-9-14/h10,14H,1-6,8-9H2. The topological polar surface area (TPSA) is 64.3 Å². The Morgan fingerprint density at radius 3 is 2.73 bits per heavy atom. The van der Waals surface area contributed by atoms with Crippen LogP contribution < -0.4 is 0 Å². The molecule has 1 rings (SSSR count). The molecular weight excluding hydrogens is 192 g/mol. The Morgan fingerprint density at radius 1 is 1.47 bits per heavy atom. The fraction of sp³-hybridized carbons (Fsp3) is 0.818.